The molecule has 4 aromatic carbocycles. The molecule has 0 unspecified atom stereocenters. The molecular formula is C40H32N4O2Pt. The maximum Gasteiger partial charge on any atom is 2.00 e. The number of aromatic nitrogens is 4. The number of hydrogen-bond donors (Lipinski definition) is 0. The number of rotatable bonds is 7. The first-order valence-electron chi connectivity index (χ1n) is 15.6. The van der Waals surface area contributed by atoms with E-state index in [0.717, 1.165) is 50.0 Å². The van der Waals surface area contributed by atoms with Crippen LogP contribution in [0.5, 0.6) is 11.5 Å². The van der Waals surface area contributed by atoms with Gasteiger partial charge in [-0.05, 0) is 52.4 Å². The third-order valence-electron chi connectivity index (χ3n) is 8.51. The van der Waals surface area contributed by atoms with Gasteiger partial charge in [-0.25, -0.2) is 4.98 Å². The minimum atomic E-state index is 0. The number of benzene rings is 4. The van der Waals surface area contributed by atoms with Crippen molar-refractivity contribution in [1.29, 1.82) is 0 Å². The zero-order valence-electron chi connectivity index (χ0n) is 26.5. The summed E-state index contributed by atoms with van der Waals surface area (Å²) in [6.07, 6.45) is 5.82. The number of pyridine rings is 1. The van der Waals surface area contributed by atoms with Crippen molar-refractivity contribution in [2.24, 2.45) is 0 Å². The molecule has 0 saturated heterocycles. The van der Waals surface area contributed by atoms with Crippen molar-refractivity contribution in [3.05, 3.63) is 133 Å². The quantitative estimate of drug-likeness (QED) is 0.151. The van der Waals surface area contributed by atoms with Gasteiger partial charge in [0.2, 0.25) is 5.71 Å². The van der Waals surface area contributed by atoms with Crippen LogP contribution >= 0.6 is 0 Å². The van der Waals surface area contributed by atoms with Crippen LogP contribution in [0.2, 0.25) is 0 Å². The fraction of sp³-hybridized carbons (Fsp3) is 0.150. The van der Waals surface area contributed by atoms with E-state index in [2.05, 4.69) is 76.4 Å². The van der Waals surface area contributed by atoms with Crippen LogP contribution in [0.25, 0.3) is 55.6 Å². The fourth-order valence-corrected chi connectivity index (χ4v) is 6.38. The van der Waals surface area contributed by atoms with E-state index in [1.807, 2.05) is 76.1 Å². The van der Waals surface area contributed by atoms with E-state index in [1.165, 1.54) is 16.7 Å². The van der Waals surface area contributed by atoms with Crippen molar-refractivity contribution in [1.82, 2.24) is 19.3 Å². The van der Waals surface area contributed by atoms with Crippen molar-refractivity contribution in [2.75, 3.05) is 0 Å². The van der Waals surface area contributed by atoms with Crippen LogP contribution in [-0.2, 0) is 21.1 Å². The zero-order chi connectivity index (χ0) is 31.4. The van der Waals surface area contributed by atoms with Gasteiger partial charge in [0, 0.05) is 40.2 Å². The van der Waals surface area contributed by atoms with E-state index in [4.69, 9.17) is 19.2 Å². The van der Waals surface area contributed by atoms with Crippen LogP contribution in [0.1, 0.15) is 50.7 Å². The molecule has 7 heteroatoms. The molecule has 0 amide bonds. The van der Waals surface area contributed by atoms with Crippen LogP contribution in [0, 0.1) is 12.1 Å². The molecule has 0 aliphatic rings. The van der Waals surface area contributed by atoms with E-state index in [9.17, 15) is 0 Å². The fourth-order valence-electron chi connectivity index (χ4n) is 6.38. The Bertz CT molecular complexity index is 2350. The summed E-state index contributed by atoms with van der Waals surface area (Å²) in [5.74, 6) is 1.92. The molecule has 8 rings (SSSR count). The van der Waals surface area contributed by atoms with Gasteiger partial charge in [0.05, 0.1) is 11.6 Å². The van der Waals surface area contributed by atoms with Gasteiger partial charge in [-0.2, -0.15) is 17.2 Å². The van der Waals surface area contributed by atoms with Crippen molar-refractivity contribution >= 4 is 33.1 Å². The molecule has 0 fully saturated rings. The van der Waals surface area contributed by atoms with E-state index in [1.54, 1.807) is 6.20 Å². The molecule has 4 aromatic heterocycles. The van der Waals surface area contributed by atoms with Crippen LogP contribution < -0.4 is 4.74 Å². The van der Waals surface area contributed by atoms with E-state index < -0.39 is 0 Å². The molecule has 4 heterocycles. The number of ether oxygens (including phenoxy) is 1. The number of nitrogens with zero attached hydrogens (tertiary/aromatic N) is 4. The van der Waals surface area contributed by atoms with Crippen LogP contribution in [0.4, 0.5) is 0 Å². The monoisotopic (exact) mass is 795 g/mol. The summed E-state index contributed by atoms with van der Waals surface area (Å²) >= 11 is 0. The summed E-state index contributed by atoms with van der Waals surface area (Å²) in [5, 5.41) is 7.86. The van der Waals surface area contributed by atoms with Gasteiger partial charge >= 0.3 is 21.1 Å². The second-order valence-electron chi connectivity index (χ2n) is 12.2. The Labute approximate surface area is 287 Å². The van der Waals surface area contributed by atoms with Gasteiger partial charge in [0.15, 0.2) is 0 Å². The number of fused-ring (bicyclic) bond motifs is 5. The summed E-state index contributed by atoms with van der Waals surface area (Å²) < 4.78 is 16.6. The predicted molar refractivity (Wildman–Crippen MR) is 183 cm³/mol. The van der Waals surface area contributed by atoms with Crippen LogP contribution in [0.15, 0.2) is 114 Å². The van der Waals surface area contributed by atoms with Crippen LogP contribution in [0.3, 0.4) is 0 Å². The molecule has 0 bridgehead atoms. The topological polar surface area (TPSA) is 58.0 Å². The maximum atomic E-state index is 6.37. The molecule has 0 spiro atoms. The SMILES string of the molecule is CC(C)c1cccc(C(C)C)c1-c1cnn(-c2[c-]c(Oc3[c-]c(-n4c5ncccc5c5c6ccccc6oc54)ccc3)ccc2)c1.[Pt+2]. The minimum absolute atomic E-state index is 0. The molecule has 8 aromatic rings. The Morgan fingerprint density at radius 1 is 0.723 bits per heavy atom. The Morgan fingerprint density at radius 2 is 1.38 bits per heavy atom. The zero-order valence-corrected chi connectivity index (χ0v) is 28.7. The Hall–Kier alpha value is -4.93. The molecule has 0 saturated carbocycles. The molecule has 234 valence electrons. The molecular weight excluding hydrogens is 764 g/mol. The van der Waals surface area contributed by atoms with Gasteiger partial charge in [0.1, 0.15) is 11.2 Å². The largest absolute Gasteiger partial charge is 2.00 e. The second kappa shape index (κ2) is 12.3. The van der Waals surface area contributed by atoms with Crippen molar-refractivity contribution in [3.63, 3.8) is 0 Å². The third kappa shape index (κ3) is 5.37. The average molecular weight is 796 g/mol. The molecule has 0 aliphatic heterocycles. The second-order valence-corrected chi connectivity index (χ2v) is 12.2. The number of para-hydroxylation sites is 1. The van der Waals surface area contributed by atoms with Gasteiger partial charge in [-0.3, -0.25) is 9.25 Å². The minimum Gasteiger partial charge on any atom is -0.509 e. The molecule has 0 aliphatic carbocycles. The average Bonchev–Trinajstić information content (AvgIpc) is 3.78. The first-order valence-corrected chi connectivity index (χ1v) is 15.6. The molecule has 47 heavy (non-hydrogen) atoms. The maximum absolute atomic E-state index is 6.37. The van der Waals surface area contributed by atoms with Crippen molar-refractivity contribution in [3.8, 4) is 34.0 Å². The third-order valence-corrected chi connectivity index (χ3v) is 8.51. The summed E-state index contributed by atoms with van der Waals surface area (Å²) in [6.45, 7) is 8.95. The standard InChI is InChI=1S/C40H32N4O2.Pt/c1-25(2)32-16-9-17-33(26(3)4)37(32)27-23-42-43(24-27)28-11-7-13-30(21-28)45-31-14-8-12-29(22-31)44-39-35(18-10-20-41-39)38-34-15-5-6-19-36(34)46-40(38)44;/h5-20,23-26H,1-4H3;/q-2;+2. The van der Waals surface area contributed by atoms with E-state index in [-0.39, 0.29) is 21.1 Å². The molecule has 0 atom stereocenters. The van der Waals surface area contributed by atoms with E-state index >= 15 is 0 Å². The predicted octanol–water partition coefficient (Wildman–Crippen LogP) is 10.4. The summed E-state index contributed by atoms with van der Waals surface area (Å²) in [6, 6.07) is 37.2. The van der Waals surface area contributed by atoms with Gasteiger partial charge < -0.3 is 9.15 Å². The number of hydrogen-bond acceptors (Lipinski definition) is 4. The van der Waals surface area contributed by atoms with E-state index in [0.29, 0.717) is 23.3 Å². The normalized spacial score (nSPS) is 11.6. The molecule has 0 radical (unpaired) electrons. The van der Waals surface area contributed by atoms with Crippen molar-refractivity contribution < 1.29 is 30.2 Å². The first-order chi connectivity index (χ1) is 22.5. The van der Waals surface area contributed by atoms with Gasteiger partial charge in [-0.1, -0.05) is 69.8 Å². The first kappa shape index (κ1) is 30.7. The molecule has 0 N–H and O–H groups in total. The Kier molecular flexibility index (Phi) is 8.07. The van der Waals surface area contributed by atoms with Crippen molar-refractivity contribution in [2.45, 2.75) is 39.5 Å². The Morgan fingerprint density at radius 3 is 2.13 bits per heavy atom. The van der Waals surface area contributed by atoms with Gasteiger partial charge in [-0.15, -0.1) is 36.4 Å². The summed E-state index contributed by atoms with van der Waals surface area (Å²) in [7, 11) is 0. The number of furan rings is 1. The van der Waals surface area contributed by atoms with Crippen LogP contribution in [-0.4, -0.2) is 19.3 Å². The molecule has 6 nitrogen and oxygen atoms in total. The summed E-state index contributed by atoms with van der Waals surface area (Å²) in [5.41, 5.74) is 8.94. The summed E-state index contributed by atoms with van der Waals surface area (Å²) in [4.78, 5) is 4.71. The smallest absolute Gasteiger partial charge is 0.509 e. The Balaban J connectivity index is 0.00000351. The van der Waals surface area contributed by atoms with Gasteiger partial charge in [0.25, 0.3) is 0 Å².